The van der Waals surface area contributed by atoms with Crippen molar-refractivity contribution in [1.29, 1.82) is 0 Å². The molecule has 0 aromatic carbocycles. The van der Waals surface area contributed by atoms with Crippen LogP contribution in [0.4, 0.5) is 10.2 Å². The molecule has 2 atom stereocenters. The number of alkyl halides is 1. The molecule has 1 amide bonds. The van der Waals surface area contributed by atoms with Crippen LogP contribution in [0.1, 0.15) is 6.42 Å². The maximum Gasteiger partial charge on any atom is 0.239 e. The van der Waals surface area contributed by atoms with Gasteiger partial charge < -0.3 is 15.1 Å². The van der Waals surface area contributed by atoms with Crippen LogP contribution in [0.3, 0.4) is 0 Å². The Bertz CT molecular complexity index is 471. The number of hydrogen-bond acceptors (Lipinski definition) is 4. The van der Waals surface area contributed by atoms with Crippen LogP contribution in [0.2, 0.25) is 0 Å². The van der Waals surface area contributed by atoms with Gasteiger partial charge in [0.05, 0.1) is 6.04 Å². The van der Waals surface area contributed by atoms with Crippen LogP contribution in [-0.2, 0) is 4.79 Å². The first-order valence-corrected chi connectivity index (χ1v) is 7.06. The molecule has 0 bridgehead atoms. The Morgan fingerprint density at radius 3 is 2.50 bits per heavy atom. The summed E-state index contributed by atoms with van der Waals surface area (Å²) in [6, 6.07) is 5.49. The molecule has 0 saturated carbocycles. The molecule has 0 spiro atoms. The number of halogens is 3. The third-order valence-corrected chi connectivity index (χ3v) is 3.94. The van der Waals surface area contributed by atoms with Gasteiger partial charge in [0.25, 0.3) is 0 Å². The molecule has 22 heavy (non-hydrogen) atoms. The summed E-state index contributed by atoms with van der Waals surface area (Å²) in [5, 5.41) is 2.95. The Balaban J connectivity index is 0.00000121. The number of amides is 1. The zero-order valence-corrected chi connectivity index (χ0v) is 13.8. The van der Waals surface area contributed by atoms with Crippen LogP contribution in [0.25, 0.3) is 0 Å². The van der Waals surface area contributed by atoms with Gasteiger partial charge >= 0.3 is 0 Å². The van der Waals surface area contributed by atoms with Crippen LogP contribution >= 0.6 is 24.8 Å². The predicted molar refractivity (Wildman–Crippen MR) is 88.8 cm³/mol. The Labute approximate surface area is 142 Å². The van der Waals surface area contributed by atoms with E-state index >= 15 is 0 Å². The van der Waals surface area contributed by atoms with E-state index in [0.29, 0.717) is 26.1 Å². The quantitative estimate of drug-likeness (QED) is 0.872. The highest BCUT2D eigenvalue weighted by Crippen LogP contribution is 2.16. The Hall–Kier alpha value is -1.11. The lowest BCUT2D eigenvalue weighted by molar-refractivity contribution is -0.133. The SMILES string of the molecule is Cl.Cl.O=C([C@H]1C[C@H](F)CN1)N1CCN(c2ccccn2)CC1. The van der Waals surface area contributed by atoms with E-state index in [0.717, 1.165) is 18.9 Å². The first-order valence-electron chi connectivity index (χ1n) is 7.06. The number of piperazine rings is 1. The van der Waals surface area contributed by atoms with Crippen molar-refractivity contribution < 1.29 is 9.18 Å². The third-order valence-electron chi connectivity index (χ3n) is 3.94. The van der Waals surface area contributed by atoms with Crippen molar-refractivity contribution in [3.05, 3.63) is 24.4 Å². The molecule has 0 unspecified atom stereocenters. The van der Waals surface area contributed by atoms with E-state index in [1.807, 2.05) is 23.1 Å². The number of hydrogen-bond donors (Lipinski definition) is 1. The summed E-state index contributed by atoms with van der Waals surface area (Å²) in [5.41, 5.74) is 0. The zero-order chi connectivity index (χ0) is 13.9. The number of aromatic nitrogens is 1. The highest BCUT2D eigenvalue weighted by atomic mass is 35.5. The smallest absolute Gasteiger partial charge is 0.239 e. The minimum Gasteiger partial charge on any atom is -0.353 e. The van der Waals surface area contributed by atoms with Crippen LogP contribution in [0.15, 0.2) is 24.4 Å². The minimum absolute atomic E-state index is 0. The standard InChI is InChI=1S/C14H19FN4O.2ClH/c15-11-9-12(17-10-11)14(20)19-7-5-18(6-8-19)13-3-1-2-4-16-13;;/h1-4,11-12,17H,5-10H2;2*1H/t11-,12+;;/m0../s1. The van der Waals surface area contributed by atoms with Gasteiger partial charge in [0.15, 0.2) is 0 Å². The van der Waals surface area contributed by atoms with Crippen LogP contribution in [-0.4, -0.2) is 60.7 Å². The Morgan fingerprint density at radius 2 is 1.95 bits per heavy atom. The molecule has 2 saturated heterocycles. The van der Waals surface area contributed by atoms with Crippen molar-refractivity contribution >= 4 is 36.5 Å². The van der Waals surface area contributed by atoms with E-state index in [1.165, 1.54) is 0 Å². The first kappa shape index (κ1) is 18.9. The molecule has 0 aliphatic carbocycles. The molecule has 8 heteroatoms. The zero-order valence-electron chi connectivity index (χ0n) is 12.2. The maximum absolute atomic E-state index is 13.1. The Kier molecular flexibility index (Phi) is 7.32. The van der Waals surface area contributed by atoms with Gasteiger partial charge in [0, 0.05) is 45.3 Å². The summed E-state index contributed by atoms with van der Waals surface area (Å²) in [5.74, 6) is 0.980. The van der Waals surface area contributed by atoms with E-state index < -0.39 is 6.17 Å². The molecule has 124 valence electrons. The fourth-order valence-electron chi connectivity index (χ4n) is 2.80. The molecule has 1 aromatic heterocycles. The summed E-state index contributed by atoms with van der Waals surface area (Å²) in [7, 11) is 0. The van der Waals surface area contributed by atoms with Gasteiger partial charge in [-0.05, 0) is 12.1 Å². The lowest BCUT2D eigenvalue weighted by Crippen LogP contribution is -2.53. The third kappa shape index (κ3) is 4.21. The van der Waals surface area contributed by atoms with Crippen molar-refractivity contribution in [3.8, 4) is 0 Å². The van der Waals surface area contributed by atoms with Gasteiger partial charge in [-0.1, -0.05) is 6.07 Å². The number of carbonyl (C=O) groups is 1. The minimum atomic E-state index is -0.890. The number of nitrogens with zero attached hydrogens (tertiary/aromatic N) is 3. The van der Waals surface area contributed by atoms with E-state index in [1.54, 1.807) is 6.20 Å². The highest BCUT2D eigenvalue weighted by Gasteiger charge is 2.33. The highest BCUT2D eigenvalue weighted by molar-refractivity contribution is 5.85. The fraction of sp³-hybridized carbons (Fsp3) is 0.571. The Morgan fingerprint density at radius 1 is 1.23 bits per heavy atom. The molecule has 2 aliphatic heterocycles. The summed E-state index contributed by atoms with van der Waals surface area (Å²) < 4.78 is 13.1. The summed E-state index contributed by atoms with van der Waals surface area (Å²) in [6.45, 7) is 3.18. The van der Waals surface area contributed by atoms with Gasteiger partial charge in [0.2, 0.25) is 5.91 Å². The lowest BCUT2D eigenvalue weighted by Gasteiger charge is -2.36. The van der Waals surface area contributed by atoms with Crippen molar-refractivity contribution in [3.63, 3.8) is 0 Å². The van der Waals surface area contributed by atoms with E-state index in [-0.39, 0.29) is 36.8 Å². The topological polar surface area (TPSA) is 48.5 Å². The van der Waals surface area contributed by atoms with Gasteiger partial charge in [-0.3, -0.25) is 4.79 Å². The van der Waals surface area contributed by atoms with Crippen LogP contribution < -0.4 is 10.2 Å². The lowest BCUT2D eigenvalue weighted by atomic mass is 10.1. The van der Waals surface area contributed by atoms with Crippen molar-refractivity contribution in [2.24, 2.45) is 0 Å². The average molecular weight is 351 g/mol. The fourth-order valence-corrected chi connectivity index (χ4v) is 2.80. The first-order chi connectivity index (χ1) is 9.74. The normalized spacial score (nSPS) is 24.4. The number of rotatable bonds is 2. The average Bonchev–Trinajstić information content (AvgIpc) is 2.94. The summed E-state index contributed by atoms with van der Waals surface area (Å²) in [4.78, 5) is 20.6. The van der Waals surface area contributed by atoms with Gasteiger partial charge in [-0.15, -0.1) is 24.8 Å². The molecule has 3 heterocycles. The van der Waals surface area contributed by atoms with E-state index in [2.05, 4.69) is 15.2 Å². The number of carbonyl (C=O) groups excluding carboxylic acids is 1. The van der Waals surface area contributed by atoms with Crippen LogP contribution in [0, 0.1) is 0 Å². The molecule has 2 fully saturated rings. The van der Waals surface area contributed by atoms with Gasteiger partial charge in [-0.25, -0.2) is 9.37 Å². The second kappa shape index (κ2) is 8.50. The number of pyridine rings is 1. The predicted octanol–water partition coefficient (Wildman–Crippen LogP) is 1.27. The van der Waals surface area contributed by atoms with Gasteiger partial charge in [-0.2, -0.15) is 0 Å². The molecule has 1 aromatic rings. The van der Waals surface area contributed by atoms with Gasteiger partial charge in [0.1, 0.15) is 12.0 Å². The van der Waals surface area contributed by atoms with Crippen molar-refractivity contribution in [2.45, 2.75) is 18.6 Å². The molecular formula is C14H21Cl2FN4O. The summed E-state index contributed by atoms with van der Waals surface area (Å²) >= 11 is 0. The number of anilines is 1. The largest absolute Gasteiger partial charge is 0.353 e. The monoisotopic (exact) mass is 350 g/mol. The molecule has 0 radical (unpaired) electrons. The molecule has 5 nitrogen and oxygen atoms in total. The van der Waals surface area contributed by atoms with E-state index in [4.69, 9.17) is 0 Å². The molecule has 3 rings (SSSR count). The summed E-state index contributed by atoms with van der Waals surface area (Å²) in [6.07, 6.45) is 1.19. The molecule has 2 aliphatic rings. The molecule has 1 N–H and O–H groups in total. The van der Waals surface area contributed by atoms with Crippen molar-refractivity contribution in [1.82, 2.24) is 15.2 Å². The van der Waals surface area contributed by atoms with E-state index in [9.17, 15) is 9.18 Å². The van der Waals surface area contributed by atoms with Crippen LogP contribution in [0.5, 0.6) is 0 Å². The second-order valence-electron chi connectivity index (χ2n) is 5.29. The number of nitrogens with one attached hydrogen (secondary N) is 1. The maximum atomic E-state index is 13.1. The van der Waals surface area contributed by atoms with Crippen molar-refractivity contribution in [2.75, 3.05) is 37.6 Å². The molecular weight excluding hydrogens is 330 g/mol. The second-order valence-corrected chi connectivity index (χ2v) is 5.29.